The van der Waals surface area contributed by atoms with E-state index in [2.05, 4.69) is 11.4 Å². The second-order valence-electron chi connectivity index (χ2n) is 8.28. The van der Waals surface area contributed by atoms with Crippen LogP contribution in [0.2, 0.25) is 0 Å². The van der Waals surface area contributed by atoms with E-state index in [9.17, 15) is 18.5 Å². The molecule has 0 unspecified atom stereocenters. The molecule has 0 atom stereocenters. The molecule has 1 aliphatic carbocycles. The molecule has 6 nitrogen and oxygen atoms in total. The first-order chi connectivity index (χ1) is 15.8. The molecule has 1 aliphatic rings. The highest BCUT2D eigenvalue weighted by molar-refractivity contribution is 7.89. The summed E-state index contributed by atoms with van der Waals surface area (Å²) in [6.07, 6.45) is 2.84. The Labute approximate surface area is 198 Å². The number of nitrogens with one attached hydrogen (secondary N) is 1. The Morgan fingerprint density at radius 3 is 2.45 bits per heavy atom. The van der Waals surface area contributed by atoms with Crippen molar-refractivity contribution in [1.82, 2.24) is 4.31 Å². The zero-order valence-electron chi connectivity index (χ0n) is 18.5. The summed E-state index contributed by atoms with van der Waals surface area (Å²) < 4.78 is 28.1. The number of carbonyl (C=O) groups excluding carboxylic acids is 1. The Bertz CT molecular complexity index is 1310. The van der Waals surface area contributed by atoms with Gasteiger partial charge in [0.1, 0.15) is 11.1 Å². The molecule has 1 aromatic heterocycles. The van der Waals surface area contributed by atoms with Crippen molar-refractivity contribution >= 4 is 32.3 Å². The molecular formula is C25H25N3O3S2. The topological polar surface area (TPSA) is 90.3 Å². The first-order valence-corrected chi connectivity index (χ1v) is 13.1. The molecule has 1 amide bonds. The first kappa shape index (κ1) is 23.2. The molecule has 0 spiro atoms. The summed E-state index contributed by atoms with van der Waals surface area (Å²) >= 11 is 1.45. The van der Waals surface area contributed by atoms with Gasteiger partial charge in [-0.2, -0.15) is 9.57 Å². The maximum Gasteiger partial charge on any atom is 0.256 e. The molecule has 0 radical (unpaired) electrons. The van der Waals surface area contributed by atoms with E-state index >= 15 is 0 Å². The average molecular weight is 480 g/mol. The van der Waals surface area contributed by atoms with Crippen molar-refractivity contribution in [2.24, 2.45) is 0 Å². The van der Waals surface area contributed by atoms with E-state index in [1.807, 2.05) is 44.2 Å². The number of thiophene rings is 1. The molecule has 0 fully saturated rings. The van der Waals surface area contributed by atoms with Gasteiger partial charge in [0.25, 0.3) is 5.91 Å². The number of amides is 1. The van der Waals surface area contributed by atoms with Gasteiger partial charge < -0.3 is 5.32 Å². The standard InChI is InChI=1S/C25H25N3O3S2/c1-17(2)28(16-18-7-4-3-5-8-18)33(30,31)20-13-11-19(12-14-20)24(29)27-25-22(15-26)21-9-6-10-23(21)32-25/h3-5,7-8,11-14,17H,6,9-10,16H2,1-2H3,(H,27,29). The van der Waals surface area contributed by atoms with Crippen LogP contribution in [0.4, 0.5) is 5.00 Å². The largest absolute Gasteiger partial charge is 0.312 e. The van der Waals surface area contributed by atoms with Crippen molar-refractivity contribution in [1.29, 1.82) is 5.26 Å². The molecule has 0 saturated heterocycles. The zero-order chi connectivity index (χ0) is 23.6. The highest BCUT2D eigenvalue weighted by atomic mass is 32.2. The van der Waals surface area contributed by atoms with Crippen molar-refractivity contribution in [3.63, 3.8) is 0 Å². The lowest BCUT2D eigenvalue weighted by Crippen LogP contribution is -2.36. The van der Waals surface area contributed by atoms with Crippen LogP contribution in [0, 0.1) is 11.3 Å². The summed E-state index contributed by atoms with van der Waals surface area (Å²) in [6, 6.07) is 17.4. The van der Waals surface area contributed by atoms with Crippen molar-refractivity contribution in [3.05, 3.63) is 81.7 Å². The second-order valence-corrected chi connectivity index (χ2v) is 11.3. The third-order valence-corrected chi connectivity index (χ3v) is 8.98. The molecule has 8 heteroatoms. The smallest absolute Gasteiger partial charge is 0.256 e. The third kappa shape index (κ3) is 4.71. The van der Waals surface area contributed by atoms with E-state index in [0.29, 0.717) is 16.1 Å². The van der Waals surface area contributed by atoms with Gasteiger partial charge in [-0.15, -0.1) is 11.3 Å². The first-order valence-electron chi connectivity index (χ1n) is 10.8. The van der Waals surface area contributed by atoms with Crippen molar-refractivity contribution < 1.29 is 13.2 Å². The maximum absolute atomic E-state index is 13.3. The Morgan fingerprint density at radius 2 is 1.82 bits per heavy atom. The fraction of sp³-hybridized carbons (Fsp3) is 0.280. The summed E-state index contributed by atoms with van der Waals surface area (Å²) in [5, 5.41) is 12.9. The predicted octanol–water partition coefficient (Wildman–Crippen LogP) is 4.96. The van der Waals surface area contributed by atoms with Crippen LogP contribution in [-0.4, -0.2) is 24.7 Å². The molecular weight excluding hydrogens is 454 g/mol. The molecule has 0 aliphatic heterocycles. The number of aryl methyl sites for hydroxylation is 1. The lowest BCUT2D eigenvalue weighted by molar-refractivity contribution is 0.102. The molecule has 2 aromatic carbocycles. The van der Waals surface area contributed by atoms with Crippen LogP contribution in [0.3, 0.4) is 0 Å². The number of rotatable bonds is 7. The van der Waals surface area contributed by atoms with E-state index in [1.165, 1.54) is 39.9 Å². The minimum absolute atomic E-state index is 0.136. The fourth-order valence-corrected chi connectivity index (χ4v) is 6.87. The van der Waals surface area contributed by atoms with Crippen LogP contribution in [0.25, 0.3) is 0 Å². The van der Waals surface area contributed by atoms with E-state index in [0.717, 1.165) is 35.3 Å². The van der Waals surface area contributed by atoms with Gasteiger partial charge in [0.2, 0.25) is 10.0 Å². The van der Waals surface area contributed by atoms with Crippen LogP contribution < -0.4 is 5.32 Å². The van der Waals surface area contributed by atoms with Crippen molar-refractivity contribution in [2.75, 3.05) is 5.32 Å². The average Bonchev–Trinajstić information content (AvgIpc) is 3.38. The monoisotopic (exact) mass is 479 g/mol. The number of hydrogen-bond acceptors (Lipinski definition) is 5. The van der Waals surface area contributed by atoms with Gasteiger partial charge in [-0.1, -0.05) is 30.3 Å². The third-order valence-electron chi connectivity index (χ3n) is 5.74. The predicted molar refractivity (Wildman–Crippen MR) is 130 cm³/mol. The quantitative estimate of drug-likeness (QED) is 0.519. The van der Waals surface area contributed by atoms with E-state index < -0.39 is 10.0 Å². The number of benzene rings is 2. The summed E-state index contributed by atoms with van der Waals surface area (Å²) in [5.74, 6) is -0.361. The summed E-state index contributed by atoms with van der Waals surface area (Å²) in [5.41, 5.74) is 2.84. The van der Waals surface area contributed by atoms with Crippen LogP contribution in [0.5, 0.6) is 0 Å². The summed E-state index contributed by atoms with van der Waals surface area (Å²) in [6.45, 7) is 3.95. The molecule has 1 heterocycles. The lowest BCUT2D eigenvalue weighted by Gasteiger charge is -2.26. The number of fused-ring (bicyclic) bond motifs is 1. The van der Waals surface area contributed by atoms with Gasteiger partial charge in [0.05, 0.1) is 10.5 Å². The Hall–Kier alpha value is -2.99. The number of carbonyl (C=O) groups is 1. The van der Waals surface area contributed by atoms with Gasteiger partial charge in [-0.25, -0.2) is 8.42 Å². The van der Waals surface area contributed by atoms with Gasteiger partial charge in [-0.3, -0.25) is 4.79 Å². The van der Waals surface area contributed by atoms with E-state index in [1.54, 1.807) is 0 Å². The Kier molecular flexibility index (Phi) is 6.66. The number of nitriles is 1. The number of nitrogens with zero attached hydrogens (tertiary/aromatic N) is 2. The molecule has 170 valence electrons. The summed E-state index contributed by atoms with van der Waals surface area (Å²) in [4.78, 5) is 14.1. The number of hydrogen-bond donors (Lipinski definition) is 1. The highest BCUT2D eigenvalue weighted by Gasteiger charge is 2.28. The minimum Gasteiger partial charge on any atom is -0.312 e. The Balaban J connectivity index is 1.53. The zero-order valence-corrected chi connectivity index (χ0v) is 20.2. The minimum atomic E-state index is -3.75. The molecule has 0 saturated carbocycles. The van der Waals surface area contributed by atoms with Gasteiger partial charge in [-0.05, 0) is 68.5 Å². The fourth-order valence-electron chi connectivity index (χ4n) is 4.01. The molecule has 4 rings (SSSR count). The molecule has 3 aromatic rings. The lowest BCUT2D eigenvalue weighted by atomic mass is 10.1. The molecule has 33 heavy (non-hydrogen) atoms. The van der Waals surface area contributed by atoms with Crippen LogP contribution in [0.15, 0.2) is 59.5 Å². The number of anilines is 1. The van der Waals surface area contributed by atoms with E-state index in [-0.39, 0.29) is 23.4 Å². The van der Waals surface area contributed by atoms with E-state index in [4.69, 9.17) is 0 Å². The normalized spacial score (nSPS) is 13.2. The molecule has 1 N–H and O–H groups in total. The van der Waals surface area contributed by atoms with Crippen molar-refractivity contribution in [2.45, 2.75) is 50.6 Å². The SMILES string of the molecule is CC(C)N(Cc1ccccc1)S(=O)(=O)c1ccc(C(=O)Nc2sc3c(c2C#N)CCC3)cc1. The highest BCUT2D eigenvalue weighted by Crippen LogP contribution is 2.38. The van der Waals surface area contributed by atoms with Gasteiger partial charge >= 0.3 is 0 Å². The summed E-state index contributed by atoms with van der Waals surface area (Å²) in [7, 11) is -3.75. The second kappa shape index (κ2) is 9.48. The van der Waals surface area contributed by atoms with Crippen LogP contribution in [0.1, 0.15) is 52.2 Å². The maximum atomic E-state index is 13.3. The van der Waals surface area contributed by atoms with Gasteiger partial charge in [0.15, 0.2) is 0 Å². The van der Waals surface area contributed by atoms with Crippen LogP contribution >= 0.6 is 11.3 Å². The number of sulfonamides is 1. The van der Waals surface area contributed by atoms with Crippen molar-refractivity contribution in [3.8, 4) is 6.07 Å². The van der Waals surface area contributed by atoms with Gasteiger partial charge in [0, 0.05) is 23.0 Å². The molecule has 0 bridgehead atoms. The van der Waals surface area contributed by atoms with Crippen LogP contribution in [-0.2, 0) is 29.4 Å². The Morgan fingerprint density at radius 1 is 1.12 bits per heavy atom.